The molecule has 1 fully saturated rings. The number of hydrogen-bond acceptors (Lipinski definition) is 3. The normalized spacial score (nSPS) is 14.9. The average molecular weight is 369 g/mol. The van der Waals surface area contributed by atoms with Crippen molar-refractivity contribution in [2.24, 2.45) is 0 Å². The molecule has 0 atom stereocenters. The third-order valence-electron chi connectivity index (χ3n) is 5.17. The average Bonchev–Trinajstić information content (AvgIpc) is 3.33. The minimum atomic E-state index is -0.891. The van der Waals surface area contributed by atoms with E-state index in [0.717, 1.165) is 32.1 Å². The molecular weight excluding hydrogens is 348 g/mol. The van der Waals surface area contributed by atoms with E-state index in [0.29, 0.717) is 28.6 Å². The van der Waals surface area contributed by atoms with Gasteiger partial charge in [-0.1, -0.05) is 18.2 Å². The number of carbonyl (C=O) groups is 1. The fourth-order valence-electron chi connectivity index (χ4n) is 3.71. The first kappa shape index (κ1) is 17.8. The minimum absolute atomic E-state index is 0.0303. The molecule has 0 saturated carbocycles. The zero-order valence-electron chi connectivity index (χ0n) is 15.0. The molecule has 6 heteroatoms. The Morgan fingerprint density at radius 3 is 2.78 bits per heavy atom. The standard InChI is InChI=1S/C21H21F2N3O/c22-17-6-3-5-15(20(17)23)14-8-9-18-16(13-14)21(25-24-18)19(27)7-4-12-26-10-1-2-11-26/h3,5-6,8-9,13H,1-2,4,7,10-12H2,(H,24,25). The van der Waals surface area contributed by atoms with Gasteiger partial charge in [-0.05, 0) is 62.7 Å². The molecule has 2 aromatic carbocycles. The van der Waals surface area contributed by atoms with E-state index in [2.05, 4.69) is 15.1 Å². The number of fused-ring (bicyclic) bond motifs is 1. The van der Waals surface area contributed by atoms with Crippen molar-refractivity contribution in [2.45, 2.75) is 25.7 Å². The van der Waals surface area contributed by atoms with Gasteiger partial charge in [0.05, 0.1) is 5.52 Å². The lowest BCUT2D eigenvalue weighted by atomic mass is 10.0. The number of rotatable bonds is 6. The van der Waals surface area contributed by atoms with E-state index in [4.69, 9.17) is 0 Å². The van der Waals surface area contributed by atoms with Crippen LogP contribution in [0.5, 0.6) is 0 Å². The maximum atomic E-state index is 14.1. The monoisotopic (exact) mass is 369 g/mol. The summed E-state index contributed by atoms with van der Waals surface area (Å²) in [5, 5.41) is 7.66. The quantitative estimate of drug-likeness (QED) is 0.648. The van der Waals surface area contributed by atoms with Gasteiger partial charge in [0.15, 0.2) is 17.4 Å². The summed E-state index contributed by atoms with van der Waals surface area (Å²) in [6.45, 7) is 3.15. The van der Waals surface area contributed by atoms with Crippen LogP contribution in [-0.2, 0) is 0 Å². The maximum Gasteiger partial charge on any atom is 0.183 e. The van der Waals surface area contributed by atoms with Crippen LogP contribution in [0.4, 0.5) is 8.78 Å². The highest BCUT2D eigenvalue weighted by molar-refractivity contribution is 6.06. The molecule has 0 amide bonds. The van der Waals surface area contributed by atoms with E-state index in [1.165, 1.54) is 25.0 Å². The van der Waals surface area contributed by atoms with Gasteiger partial charge in [0.25, 0.3) is 0 Å². The first-order chi connectivity index (χ1) is 13.1. The van der Waals surface area contributed by atoms with Crippen LogP contribution in [0.3, 0.4) is 0 Å². The first-order valence-corrected chi connectivity index (χ1v) is 9.31. The van der Waals surface area contributed by atoms with Gasteiger partial charge in [-0.15, -0.1) is 0 Å². The van der Waals surface area contributed by atoms with Crippen molar-refractivity contribution in [1.82, 2.24) is 15.1 Å². The summed E-state index contributed by atoms with van der Waals surface area (Å²) in [5.74, 6) is -1.81. The van der Waals surface area contributed by atoms with Crippen molar-refractivity contribution < 1.29 is 13.6 Å². The number of ketones is 1. The maximum absolute atomic E-state index is 14.1. The topological polar surface area (TPSA) is 49.0 Å². The van der Waals surface area contributed by atoms with Crippen LogP contribution >= 0.6 is 0 Å². The molecule has 1 saturated heterocycles. The molecule has 1 aliphatic rings. The van der Waals surface area contributed by atoms with E-state index >= 15 is 0 Å². The number of nitrogens with one attached hydrogen (secondary N) is 1. The predicted octanol–water partition coefficient (Wildman–Crippen LogP) is 4.57. The molecule has 0 unspecified atom stereocenters. The number of benzene rings is 2. The first-order valence-electron chi connectivity index (χ1n) is 9.31. The third kappa shape index (κ3) is 3.62. The highest BCUT2D eigenvalue weighted by atomic mass is 19.2. The molecule has 1 aromatic heterocycles. The largest absolute Gasteiger partial charge is 0.303 e. The van der Waals surface area contributed by atoms with Crippen molar-refractivity contribution in [3.8, 4) is 11.1 Å². The van der Waals surface area contributed by atoms with Gasteiger partial charge in [0.2, 0.25) is 0 Å². The van der Waals surface area contributed by atoms with E-state index in [9.17, 15) is 13.6 Å². The Labute approximate surface area is 156 Å². The highest BCUT2D eigenvalue weighted by Crippen LogP contribution is 2.29. The molecule has 4 rings (SSSR count). The summed E-state index contributed by atoms with van der Waals surface area (Å²) < 4.78 is 27.7. The van der Waals surface area contributed by atoms with Crippen molar-refractivity contribution in [1.29, 1.82) is 0 Å². The van der Waals surface area contributed by atoms with Gasteiger partial charge in [-0.2, -0.15) is 5.10 Å². The molecule has 1 N–H and O–H groups in total. The van der Waals surface area contributed by atoms with Crippen LogP contribution < -0.4 is 0 Å². The lowest BCUT2D eigenvalue weighted by molar-refractivity contribution is 0.0973. The molecule has 2 heterocycles. The molecular formula is C21H21F2N3O. The summed E-state index contributed by atoms with van der Waals surface area (Å²) in [7, 11) is 0. The second-order valence-corrected chi connectivity index (χ2v) is 7.01. The van der Waals surface area contributed by atoms with Crippen LogP contribution in [0.15, 0.2) is 36.4 Å². The lowest BCUT2D eigenvalue weighted by Gasteiger charge is -2.13. The zero-order valence-corrected chi connectivity index (χ0v) is 15.0. The summed E-state index contributed by atoms with van der Waals surface area (Å²) in [5.41, 5.74) is 1.76. The van der Waals surface area contributed by atoms with Crippen LogP contribution in [0.1, 0.15) is 36.2 Å². The van der Waals surface area contributed by atoms with Crippen LogP contribution in [0, 0.1) is 11.6 Å². The number of Topliss-reactive ketones (excluding diaryl/α,β-unsaturated/α-hetero) is 1. The van der Waals surface area contributed by atoms with E-state index < -0.39 is 11.6 Å². The molecule has 0 radical (unpaired) electrons. The number of H-pyrrole nitrogens is 1. The Kier molecular flexibility index (Phi) is 4.99. The fourth-order valence-corrected chi connectivity index (χ4v) is 3.71. The van der Waals surface area contributed by atoms with Crippen molar-refractivity contribution in [2.75, 3.05) is 19.6 Å². The van der Waals surface area contributed by atoms with Crippen LogP contribution in [0.25, 0.3) is 22.0 Å². The molecule has 140 valence electrons. The van der Waals surface area contributed by atoms with Crippen molar-refractivity contribution in [3.05, 3.63) is 53.7 Å². The number of nitrogens with zero attached hydrogens (tertiary/aromatic N) is 2. The Hall–Kier alpha value is -2.60. The van der Waals surface area contributed by atoms with E-state index in [-0.39, 0.29) is 11.3 Å². The molecule has 27 heavy (non-hydrogen) atoms. The number of hydrogen-bond donors (Lipinski definition) is 1. The Balaban J connectivity index is 1.56. The SMILES string of the molecule is O=C(CCCN1CCCC1)c1n[nH]c2ccc(-c3cccc(F)c3F)cc12. The summed E-state index contributed by atoms with van der Waals surface area (Å²) in [6.07, 6.45) is 3.69. The minimum Gasteiger partial charge on any atom is -0.303 e. The molecule has 1 aliphatic heterocycles. The molecule has 3 aromatic rings. The van der Waals surface area contributed by atoms with Crippen LogP contribution in [0.2, 0.25) is 0 Å². The number of aromatic amines is 1. The van der Waals surface area contributed by atoms with Crippen molar-refractivity contribution >= 4 is 16.7 Å². The van der Waals surface area contributed by atoms with Gasteiger partial charge < -0.3 is 4.90 Å². The van der Waals surface area contributed by atoms with Gasteiger partial charge in [0, 0.05) is 17.4 Å². The molecule has 4 nitrogen and oxygen atoms in total. The number of carbonyl (C=O) groups excluding carboxylic acids is 1. The summed E-state index contributed by atoms with van der Waals surface area (Å²) >= 11 is 0. The molecule has 0 spiro atoms. The highest BCUT2D eigenvalue weighted by Gasteiger charge is 2.17. The Morgan fingerprint density at radius 2 is 1.96 bits per heavy atom. The second kappa shape index (κ2) is 7.56. The smallest absolute Gasteiger partial charge is 0.183 e. The summed E-state index contributed by atoms with van der Waals surface area (Å²) in [6, 6.07) is 9.22. The number of likely N-dealkylation sites (tertiary alicyclic amines) is 1. The Morgan fingerprint density at radius 1 is 1.15 bits per heavy atom. The van der Waals surface area contributed by atoms with Gasteiger partial charge in [-0.3, -0.25) is 9.89 Å². The van der Waals surface area contributed by atoms with Crippen LogP contribution in [-0.4, -0.2) is 40.5 Å². The van der Waals surface area contributed by atoms with E-state index in [1.54, 1.807) is 18.2 Å². The number of aromatic nitrogens is 2. The molecule has 0 bridgehead atoms. The Bertz CT molecular complexity index is 977. The zero-order chi connectivity index (χ0) is 18.8. The fraction of sp³-hybridized carbons (Fsp3) is 0.333. The lowest BCUT2D eigenvalue weighted by Crippen LogP contribution is -2.21. The van der Waals surface area contributed by atoms with E-state index in [1.807, 2.05) is 0 Å². The predicted molar refractivity (Wildman–Crippen MR) is 101 cm³/mol. The van der Waals surface area contributed by atoms with Gasteiger partial charge >= 0.3 is 0 Å². The van der Waals surface area contributed by atoms with Crippen molar-refractivity contribution in [3.63, 3.8) is 0 Å². The third-order valence-corrected chi connectivity index (χ3v) is 5.17. The second-order valence-electron chi connectivity index (χ2n) is 7.01. The van der Waals surface area contributed by atoms with Gasteiger partial charge in [-0.25, -0.2) is 8.78 Å². The molecule has 0 aliphatic carbocycles. The van der Waals surface area contributed by atoms with Gasteiger partial charge in [0.1, 0.15) is 5.69 Å². The number of halogens is 2. The summed E-state index contributed by atoms with van der Waals surface area (Å²) in [4.78, 5) is 15.0.